The molecule has 0 amide bonds. The lowest BCUT2D eigenvalue weighted by Crippen LogP contribution is -2.06. The van der Waals surface area contributed by atoms with Crippen LogP contribution in [0.2, 0.25) is 0 Å². The predicted molar refractivity (Wildman–Crippen MR) is 65.8 cm³/mol. The van der Waals surface area contributed by atoms with Crippen LogP contribution in [-0.4, -0.2) is 4.57 Å². The van der Waals surface area contributed by atoms with Crippen molar-refractivity contribution in [2.75, 3.05) is 0 Å². The van der Waals surface area contributed by atoms with Gasteiger partial charge in [0, 0.05) is 22.4 Å². The second-order valence-electron chi connectivity index (χ2n) is 3.73. The van der Waals surface area contributed by atoms with Gasteiger partial charge >= 0.3 is 0 Å². The molecule has 0 saturated heterocycles. The molecule has 1 atom stereocenters. The van der Waals surface area contributed by atoms with Crippen LogP contribution in [0.15, 0.2) is 23.2 Å². The van der Waals surface area contributed by atoms with Crippen LogP contribution in [0.3, 0.4) is 0 Å². The van der Waals surface area contributed by atoms with Crippen molar-refractivity contribution in [1.82, 2.24) is 4.57 Å². The normalized spacial score (nSPS) is 12.9. The van der Waals surface area contributed by atoms with Gasteiger partial charge in [-0.1, -0.05) is 19.9 Å². The SMILES string of the molecule is C=CCn1c(C)cc(Br)c1C(C)CC. The maximum atomic E-state index is 3.80. The first kappa shape index (κ1) is 11.6. The zero-order valence-electron chi connectivity index (χ0n) is 9.18. The van der Waals surface area contributed by atoms with Crippen LogP contribution < -0.4 is 0 Å². The zero-order valence-corrected chi connectivity index (χ0v) is 10.8. The fourth-order valence-corrected chi connectivity index (χ4v) is 2.66. The maximum absolute atomic E-state index is 3.80. The highest BCUT2D eigenvalue weighted by molar-refractivity contribution is 9.10. The minimum Gasteiger partial charge on any atom is -0.344 e. The lowest BCUT2D eigenvalue weighted by Gasteiger charge is -2.14. The van der Waals surface area contributed by atoms with Crippen molar-refractivity contribution in [3.05, 3.63) is 34.6 Å². The number of hydrogen-bond donors (Lipinski definition) is 0. The predicted octanol–water partition coefficient (Wildman–Crippen LogP) is 4.26. The number of nitrogens with zero attached hydrogens (tertiary/aromatic N) is 1. The molecule has 0 fully saturated rings. The molecule has 0 aromatic carbocycles. The minimum atomic E-state index is 0.595. The molecule has 78 valence electrons. The molecule has 14 heavy (non-hydrogen) atoms. The Morgan fingerprint density at radius 2 is 2.29 bits per heavy atom. The van der Waals surface area contributed by atoms with Crippen LogP contribution >= 0.6 is 15.9 Å². The van der Waals surface area contributed by atoms with Crippen LogP contribution in [0.1, 0.15) is 37.6 Å². The van der Waals surface area contributed by atoms with Crippen molar-refractivity contribution < 1.29 is 0 Å². The number of halogens is 1. The van der Waals surface area contributed by atoms with Gasteiger partial charge in [0.05, 0.1) is 0 Å². The topological polar surface area (TPSA) is 4.93 Å². The van der Waals surface area contributed by atoms with Crippen molar-refractivity contribution in [2.24, 2.45) is 0 Å². The molecular weight excluding hydrogens is 238 g/mol. The van der Waals surface area contributed by atoms with Gasteiger partial charge in [-0.2, -0.15) is 0 Å². The van der Waals surface area contributed by atoms with E-state index in [0.717, 1.165) is 6.54 Å². The molecule has 0 N–H and O–H groups in total. The average molecular weight is 256 g/mol. The van der Waals surface area contributed by atoms with E-state index in [1.165, 1.54) is 22.3 Å². The van der Waals surface area contributed by atoms with Gasteiger partial charge in [-0.15, -0.1) is 6.58 Å². The first-order valence-electron chi connectivity index (χ1n) is 5.08. The smallest absolute Gasteiger partial charge is 0.0403 e. The molecule has 1 nitrogen and oxygen atoms in total. The summed E-state index contributed by atoms with van der Waals surface area (Å²) in [6.45, 7) is 11.3. The van der Waals surface area contributed by atoms with Crippen molar-refractivity contribution >= 4 is 15.9 Å². The van der Waals surface area contributed by atoms with Gasteiger partial charge in [-0.05, 0) is 41.3 Å². The molecule has 1 unspecified atom stereocenters. The third-order valence-electron chi connectivity index (χ3n) is 2.69. The largest absolute Gasteiger partial charge is 0.344 e. The molecular formula is C12H18BrN. The first-order valence-corrected chi connectivity index (χ1v) is 5.87. The minimum absolute atomic E-state index is 0.595. The van der Waals surface area contributed by atoms with E-state index in [-0.39, 0.29) is 0 Å². The Hall–Kier alpha value is -0.500. The van der Waals surface area contributed by atoms with Crippen LogP contribution in [-0.2, 0) is 6.54 Å². The summed E-state index contributed by atoms with van der Waals surface area (Å²) in [5, 5.41) is 0. The summed E-state index contributed by atoms with van der Waals surface area (Å²) in [6.07, 6.45) is 3.12. The fraction of sp³-hybridized carbons (Fsp3) is 0.500. The zero-order chi connectivity index (χ0) is 10.7. The molecule has 0 spiro atoms. The van der Waals surface area contributed by atoms with Gasteiger partial charge in [0.25, 0.3) is 0 Å². The van der Waals surface area contributed by atoms with E-state index in [1.54, 1.807) is 0 Å². The molecule has 1 aromatic rings. The Balaban J connectivity index is 3.16. The number of allylic oxidation sites excluding steroid dienone is 1. The van der Waals surface area contributed by atoms with Crippen LogP contribution in [0.4, 0.5) is 0 Å². The summed E-state index contributed by atoms with van der Waals surface area (Å²) in [5.74, 6) is 0.595. The average Bonchev–Trinajstić information content (AvgIpc) is 2.42. The molecule has 2 heteroatoms. The summed E-state index contributed by atoms with van der Waals surface area (Å²) in [4.78, 5) is 0. The van der Waals surface area contributed by atoms with Crippen molar-refractivity contribution in [1.29, 1.82) is 0 Å². The molecule has 0 radical (unpaired) electrons. The van der Waals surface area contributed by atoms with Crippen LogP contribution in [0, 0.1) is 6.92 Å². The highest BCUT2D eigenvalue weighted by Crippen LogP contribution is 2.30. The first-order chi connectivity index (χ1) is 6.61. The van der Waals surface area contributed by atoms with Gasteiger partial charge in [0.2, 0.25) is 0 Å². The Labute approximate surface area is 94.9 Å². The maximum Gasteiger partial charge on any atom is 0.0403 e. The summed E-state index contributed by atoms with van der Waals surface area (Å²) in [6, 6.07) is 2.19. The van der Waals surface area contributed by atoms with E-state index in [0.29, 0.717) is 5.92 Å². The lowest BCUT2D eigenvalue weighted by atomic mass is 10.1. The van der Waals surface area contributed by atoms with E-state index in [9.17, 15) is 0 Å². The Bertz CT molecular complexity index is 325. The van der Waals surface area contributed by atoms with Gasteiger partial charge in [0.15, 0.2) is 0 Å². The second-order valence-corrected chi connectivity index (χ2v) is 4.58. The lowest BCUT2D eigenvalue weighted by molar-refractivity contribution is 0.634. The van der Waals surface area contributed by atoms with E-state index >= 15 is 0 Å². The number of rotatable bonds is 4. The van der Waals surface area contributed by atoms with Crippen LogP contribution in [0.5, 0.6) is 0 Å². The molecule has 0 aliphatic carbocycles. The Morgan fingerprint density at radius 3 is 2.79 bits per heavy atom. The van der Waals surface area contributed by atoms with Crippen LogP contribution in [0.25, 0.3) is 0 Å². The third-order valence-corrected chi connectivity index (χ3v) is 3.32. The Morgan fingerprint density at radius 1 is 1.64 bits per heavy atom. The Kier molecular flexibility index (Phi) is 3.99. The molecule has 1 rings (SSSR count). The molecule has 1 heterocycles. The van der Waals surface area contributed by atoms with E-state index in [1.807, 2.05) is 6.08 Å². The van der Waals surface area contributed by atoms with Crippen molar-refractivity contribution in [3.63, 3.8) is 0 Å². The monoisotopic (exact) mass is 255 g/mol. The molecule has 0 aliphatic rings. The highest BCUT2D eigenvalue weighted by Gasteiger charge is 2.14. The molecule has 0 bridgehead atoms. The molecule has 0 aliphatic heterocycles. The van der Waals surface area contributed by atoms with Crippen molar-refractivity contribution in [2.45, 2.75) is 39.7 Å². The summed E-state index contributed by atoms with van der Waals surface area (Å²) in [7, 11) is 0. The molecule has 1 aromatic heterocycles. The third kappa shape index (κ3) is 2.11. The van der Waals surface area contributed by atoms with Gasteiger partial charge in [-0.3, -0.25) is 0 Å². The summed E-state index contributed by atoms with van der Waals surface area (Å²) in [5.41, 5.74) is 2.69. The van der Waals surface area contributed by atoms with E-state index in [2.05, 4.69) is 53.9 Å². The number of hydrogen-bond acceptors (Lipinski definition) is 0. The quantitative estimate of drug-likeness (QED) is 0.709. The summed E-state index contributed by atoms with van der Waals surface area (Å²) < 4.78 is 3.55. The van der Waals surface area contributed by atoms with E-state index < -0.39 is 0 Å². The fourth-order valence-electron chi connectivity index (χ4n) is 1.72. The van der Waals surface area contributed by atoms with Gasteiger partial charge in [0.1, 0.15) is 0 Å². The molecule has 0 saturated carbocycles. The number of aryl methyl sites for hydroxylation is 1. The number of aromatic nitrogens is 1. The standard InChI is InChI=1S/C12H18BrN/c1-5-7-14-10(4)8-11(13)12(14)9(3)6-2/h5,8-9H,1,6-7H2,2-4H3. The highest BCUT2D eigenvalue weighted by atomic mass is 79.9. The second kappa shape index (κ2) is 4.83. The van der Waals surface area contributed by atoms with Crippen molar-refractivity contribution in [3.8, 4) is 0 Å². The van der Waals surface area contributed by atoms with Gasteiger partial charge < -0.3 is 4.57 Å². The summed E-state index contributed by atoms with van der Waals surface area (Å²) >= 11 is 3.62. The van der Waals surface area contributed by atoms with E-state index in [4.69, 9.17) is 0 Å². The van der Waals surface area contributed by atoms with Gasteiger partial charge in [-0.25, -0.2) is 0 Å².